The van der Waals surface area contributed by atoms with Crippen LogP contribution in [0.2, 0.25) is 0 Å². The Labute approximate surface area is 110 Å². The summed E-state index contributed by atoms with van der Waals surface area (Å²) in [6.45, 7) is 6.46. The van der Waals surface area contributed by atoms with Gasteiger partial charge in [-0.3, -0.25) is 0 Å². The Bertz CT molecular complexity index is 350. The van der Waals surface area contributed by atoms with Gasteiger partial charge in [-0.1, -0.05) is 32.0 Å². The quantitative estimate of drug-likeness (QED) is 0.746. The minimum atomic E-state index is 0.213. The average Bonchev–Trinajstić information content (AvgIpc) is 2.37. The van der Waals surface area contributed by atoms with Crippen molar-refractivity contribution in [3.63, 3.8) is 0 Å². The van der Waals surface area contributed by atoms with Gasteiger partial charge in [-0.15, -0.1) is 0 Å². The molecule has 0 aliphatic carbocycles. The van der Waals surface area contributed by atoms with E-state index in [2.05, 4.69) is 25.2 Å². The molecular weight excluding hydrogens is 226 g/mol. The van der Waals surface area contributed by atoms with Crippen molar-refractivity contribution in [2.75, 3.05) is 20.3 Å². The third-order valence-electron chi connectivity index (χ3n) is 3.12. The van der Waals surface area contributed by atoms with Gasteiger partial charge in [0.1, 0.15) is 5.75 Å². The molecule has 3 heteroatoms. The Hall–Kier alpha value is -1.06. The highest BCUT2D eigenvalue weighted by molar-refractivity contribution is 5.32. The zero-order valence-electron chi connectivity index (χ0n) is 11.7. The van der Waals surface area contributed by atoms with E-state index < -0.39 is 0 Å². The van der Waals surface area contributed by atoms with Crippen molar-refractivity contribution in [1.29, 1.82) is 0 Å². The lowest BCUT2D eigenvalue weighted by Crippen LogP contribution is -2.29. The van der Waals surface area contributed by atoms with E-state index >= 15 is 0 Å². The molecule has 1 rings (SSSR count). The maximum Gasteiger partial charge on any atom is 0.123 e. The second kappa shape index (κ2) is 7.39. The first-order chi connectivity index (χ1) is 8.59. The highest BCUT2D eigenvalue weighted by Crippen LogP contribution is 2.22. The smallest absolute Gasteiger partial charge is 0.123 e. The number of para-hydroxylation sites is 1. The van der Waals surface area contributed by atoms with Gasteiger partial charge in [-0.05, 0) is 24.3 Å². The number of ether oxygens (including phenoxy) is 1. The SMILES string of the molecule is COc1ccccc1CNCC(C)(C)CCCO. The lowest BCUT2D eigenvalue weighted by molar-refractivity contribution is 0.236. The van der Waals surface area contributed by atoms with Crippen LogP contribution in [0.15, 0.2) is 24.3 Å². The van der Waals surface area contributed by atoms with Crippen molar-refractivity contribution in [1.82, 2.24) is 5.32 Å². The van der Waals surface area contributed by atoms with Gasteiger partial charge in [-0.25, -0.2) is 0 Å². The Morgan fingerprint density at radius 2 is 2.00 bits per heavy atom. The van der Waals surface area contributed by atoms with Crippen LogP contribution in [-0.4, -0.2) is 25.4 Å². The van der Waals surface area contributed by atoms with Gasteiger partial charge < -0.3 is 15.2 Å². The summed E-state index contributed by atoms with van der Waals surface area (Å²) in [6.07, 6.45) is 1.89. The van der Waals surface area contributed by atoms with E-state index in [4.69, 9.17) is 9.84 Å². The van der Waals surface area contributed by atoms with Crippen molar-refractivity contribution >= 4 is 0 Å². The van der Waals surface area contributed by atoms with E-state index in [1.165, 1.54) is 5.56 Å². The van der Waals surface area contributed by atoms with E-state index in [1.54, 1.807) is 7.11 Å². The third-order valence-corrected chi connectivity index (χ3v) is 3.12. The standard InChI is InChI=1S/C15H25NO2/c1-15(2,9-6-10-17)12-16-11-13-7-4-5-8-14(13)18-3/h4-5,7-8,16-17H,6,9-12H2,1-3H3. The molecule has 0 fully saturated rings. The molecule has 3 nitrogen and oxygen atoms in total. The van der Waals surface area contributed by atoms with Crippen LogP contribution in [0.3, 0.4) is 0 Å². The summed E-state index contributed by atoms with van der Waals surface area (Å²) in [7, 11) is 1.70. The summed E-state index contributed by atoms with van der Waals surface area (Å²) in [4.78, 5) is 0. The summed E-state index contributed by atoms with van der Waals surface area (Å²) in [5, 5.41) is 12.3. The first-order valence-corrected chi connectivity index (χ1v) is 6.52. The van der Waals surface area contributed by atoms with Crippen molar-refractivity contribution in [2.45, 2.75) is 33.2 Å². The predicted octanol–water partition coefficient (Wildman–Crippen LogP) is 2.58. The predicted molar refractivity (Wildman–Crippen MR) is 74.8 cm³/mol. The van der Waals surface area contributed by atoms with Gasteiger partial charge in [0, 0.05) is 25.3 Å². The number of hydrogen-bond donors (Lipinski definition) is 2. The van der Waals surface area contributed by atoms with E-state index in [-0.39, 0.29) is 12.0 Å². The molecule has 1 aromatic carbocycles. The lowest BCUT2D eigenvalue weighted by atomic mass is 9.88. The molecule has 102 valence electrons. The van der Waals surface area contributed by atoms with Crippen molar-refractivity contribution in [3.05, 3.63) is 29.8 Å². The van der Waals surface area contributed by atoms with Gasteiger partial charge in [-0.2, -0.15) is 0 Å². The van der Waals surface area contributed by atoms with Crippen molar-refractivity contribution in [3.8, 4) is 5.75 Å². The average molecular weight is 251 g/mol. The normalized spacial score (nSPS) is 11.6. The molecule has 0 unspecified atom stereocenters. The molecule has 0 aliphatic heterocycles. The Kier molecular flexibility index (Phi) is 6.16. The van der Waals surface area contributed by atoms with Crippen LogP contribution >= 0.6 is 0 Å². The lowest BCUT2D eigenvalue weighted by Gasteiger charge is -2.25. The second-order valence-electron chi connectivity index (χ2n) is 5.41. The molecule has 0 saturated heterocycles. The van der Waals surface area contributed by atoms with Crippen LogP contribution in [0.25, 0.3) is 0 Å². The molecule has 0 radical (unpaired) electrons. The zero-order valence-corrected chi connectivity index (χ0v) is 11.7. The number of nitrogens with one attached hydrogen (secondary N) is 1. The molecule has 2 N–H and O–H groups in total. The Balaban J connectivity index is 2.41. The first kappa shape index (κ1) is 15.0. The number of aliphatic hydroxyl groups excluding tert-OH is 1. The zero-order chi connectivity index (χ0) is 13.4. The Morgan fingerprint density at radius 3 is 2.67 bits per heavy atom. The molecule has 0 atom stereocenters. The molecule has 0 saturated carbocycles. The highest BCUT2D eigenvalue weighted by atomic mass is 16.5. The minimum Gasteiger partial charge on any atom is -0.496 e. The molecule has 0 bridgehead atoms. The van der Waals surface area contributed by atoms with Crippen LogP contribution in [0, 0.1) is 5.41 Å². The second-order valence-corrected chi connectivity index (χ2v) is 5.41. The summed E-state index contributed by atoms with van der Waals surface area (Å²) in [6, 6.07) is 8.06. The van der Waals surface area contributed by atoms with Crippen LogP contribution in [0.5, 0.6) is 5.75 Å². The minimum absolute atomic E-state index is 0.213. The summed E-state index contributed by atoms with van der Waals surface area (Å²) < 4.78 is 5.32. The fourth-order valence-corrected chi connectivity index (χ4v) is 2.03. The summed E-state index contributed by atoms with van der Waals surface area (Å²) in [5.74, 6) is 0.929. The van der Waals surface area contributed by atoms with E-state index in [9.17, 15) is 0 Å². The van der Waals surface area contributed by atoms with Crippen LogP contribution < -0.4 is 10.1 Å². The number of benzene rings is 1. The molecule has 18 heavy (non-hydrogen) atoms. The molecule has 1 aromatic rings. The number of methoxy groups -OCH3 is 1. The van der Waals surface area contributed by atoms with Crippen LogP contribution in [-0.2, 0) is 6.54 Å². The monoisotopic (exact) mass is 251 g/mol. The van der Waals surface area contributed by atoms with Gasteiger partial charge in [0.25, 0.3) is 0 Å². The third kappa shape index (κ3) is 5.07. The fraction of sp³-hybridized carbons (Fsp3) is 0.600. The highest BCUT2D eigenvalue weighted by Gasteiger charge is 2.16. The van der Waals surface area contributed by atoms with Crippen LogP contribution in [0.4, 0.5) is 0 Å². The van der Waals surface area contributed by atoms with E-state index in [0.29, 0.717) is 0 Å². The fourth-order valence-electron chi connectivity index (χ4n) is 2.03. The molecule has 0 amide bonds. The van der Waals surface area contributed by atoms with Gasteiger partial charge in [0.15, 0.2) is 0 Å². The first-order valence-electron chi connectivity index (χ1n) is 6.52. The van der Waals surface area contributed by atoms with Gasteiger partial charge in [0.2, 0.25) is 0 Å². The maximum absolute atomic E-state index is 8.86. The summed E-state index contributed by atoms with van der Waals surface area (Å²) in [5.41, 5.74) is 1.39. The topological polar surface area (TPSA) is 41.5 Å². The summed E-state index contributed by atoms with van der Waals surface area (Å²) >= 11 is 0. The largest absolute Gasteiger partial charge is 0.496 e. The van der Waals surface area contributed by atoms with Gasteiger partial charge >= 0.3 is 0 Å². The molecule has 0 heterocycles. The molecule has 0 spiro atoms. The molecule has 0 aromatic heterocycles. The maximum atomic E-state index is 8.86. The van der Waals surface area contributed by atoms with Crippen molar-refractivity contribution in [2.24, 2.45) is 5.41 Å². The number of hydrogen-bond acceptors (Lipinski definition) is 3. The number of rotatable bonds is 8. The van der Waals surface area contributed by atoms with Crippen molar-refractivity contribution < 1.29 is 9.84 Å². The number of aliphatic hydroxyl groups is 1. The molecular formula is C15H25NO2. The Morgan fingerprint density at radius 1 is 1.28 bits per heavy atom. The van der Waals surface area contributed by atoms with E-state index in [1.807, 2.05) is 18.2 Å². The van der Waals surface area contributed by atoms with Gasteiger partial charge in [0.05, 0.1) is 7.11 Å². The van der Waals surface area contributed by atoms with Crippen LogP contribution in [0.1, 0.15) is 32.3 Å². The molecule has 0 aliphatic rings. The van der Waals surface area contributed by atoms with E-state index in [0.717, 1.165) is 31.7 Å².